The summed E-state index contributed by atoms with van der Waals surface area (Å²) in [4.78, 5) is 0. The Hall–Kier alpha value is -1.36. The molecule has 0 radical (unpaired) electrons. The Kier molecular flexibility index (Phi) is 1.57. The fraction of sp³-hybridized carbons (Fsp3) is 0.333. The quantitative estimate of drug-likeness (QED) is 0.582. The molecule has 2 heterocycles. The number of rotatable bonds is 1. The molecule has 11 heavy (non-hydrogen) atoms. The van der Waals surface area contributed by atoms with Crippen LogP contribution in [0.15, 0.2) is 23.1 Å². The van der Waals surface area contributed by atoms with Gasteiger partial charge in [-0.15, -0.1) is 5.10 Å². The molecule has 1 aliphatic heterocycles. The highest BCUT2D eigenvalue weighted by Crippen LogP contribution is 2.06. The normalized spacial score (nSPS) is 23.1. The Morgan fingerprint density at radius 2 is 2.64 bits per heavy atom. The summed E-state index contributed by atoms with van der Waals surface area (Å²) in [5.41, 5.74) is 0.773. The largest absolute Gasteiger partial charge is 0.371 e. The Balaban J connectivity index is 2.11. The lowest BCUT2D eigenvalue weighted by atomic mass is 10.3. The molecule has 2 N–H and O–H groups in total. The molecule has 0 bridgehead atoms. The van der Waals surface area contributed by atoms with Crippen LogP contribution in [0.3, 0.4) is 0 Å². The molecule has 1 aromatic rings. The molecule has 0 amide bonds. The van der Waals surface area contributed by atoms with Crippen molar-refractivity contribution in [1.29, 1.82) is 0 Å². The molecule has 5 nitrogen and oxygen atoms in total. The molecule has 1 unspecified atom stereocenters. The molecule has 58 valence electrons. The average molecular weight is 152 g/mol. The third-order valence-corrected chi connectivity index (χ3v) is 1.49. The number of nitrogens with zero attached hydrogens (tertiary/aromatic N) is 2. The van der Waals surface area contributed by atoms with Crippen LogP contribution in [0.1, 0.15) is 11.9 Å². The van der Waals surface area contributed by atoms with Crippen molar-refractivity contribution in [3.63, 3.8) is 0 Å². The summed E-state index contributed by atoms with van der Waals surface area (Å²) < 4.78 is 4.60. The van der Waals surface area contributed by atoms with Crippen LogP contribution in [0.5, 0.6) is 0 Å². The van der Waals surface area contributed by atoms with E-state index in [0.29, 0.717) is 0 Å². The van der Waals surface area contributed by atoms with E-state index < -0.39 is 0 Å². The second-order valence-electron chi connectivity index (χ2n) is 2.24. The van der Waals surface area contributed by atoms with Crippen molar-refractivity contribution in [1.82, 2.24) is 21.0 Å². The van der Waals surface area contributed by atoms with Crippen LogP contribution in [0.25, 0.3) is 0 Å². The molecule has 1 aliphatic rings. The summed E-state index contributed by atoms with van der Waals surface area (Å²) in [6, 6.07) is 0. The van der Waals surface area contributed by atoms with Crippen LogP contribution in [0.4, 0.5) is 0 Å². The first kappa shape index (κ1) is 6.36. The molecular weight excluding hydrogens is 144 g/mol. The molecular formula is C6H8N4O. The predicted octanol–water partition coefficient (Wildman–Crippen LogP) is -0.225. The van der Waals surface area contributed by atoms with Gasteiger partial charge in [-0.1, -0.05) is 6.08 Å². The van der Waals surface area contributed by atoms with E-state index >= 15 is 0 Å². The van der Waals surface area contributed by atoms with E-state index in [1.165, 1.54) is 6.26 Å². The van der Waals surface area contributed by atoms with Crippen molar-refractivity contribution in [3.8, 4) is 0 Å². The summed E-state index contributed by atoms with van der Waals surface area (Å²) in [5.74, 6) is 0. The molecule has 1 atom stereocenters. The summed E-state index contributed by atoms with van der Waals surface area (Å²) in [7, 11) is 0. The van der Waals surface area contributed by atoms with Crippen molar-refractivity contribution >= 4 is 0 Å². The summed E-state index contributed by atoms with van der Waals surface area (Å²) >= 11 is 0. The van der Waals surface area contributed by atoms with Gasteiger partial charge in [0, 0.05) is 11.8 Å². The van der Waals surface area contributed by atoms with Gasteiger partial charge >= 0.3 is 0 Å². The van der Waals surface area contributed by atoms with E-state index in [2.05, 4.69) is 25.5 Å². The minimum Gasteiger partial charge on any atom is -0.371 e. The van der Waals surface area contributed by atoms with E-state index in [1.54, 1.807) is 0 Å². The van der Waals surface area contributed by atoms with Gasteiger partial charge in [-0.05, 0) is 6.20 Å². The number of nitrogens with one attached hydrogen (secondary N) is 2. The van der Waals surface area contributed by atoms with Gasteiger partial charge in [0.2, 0.25) is 0 Å². The lowest BCUT2D eigenvalue weighted by Crippen LogP contribution is -2.34. The van der Waals surface area contributed by atoms with Gasteiger partial charge < -0.3 is 9.84 Å². The maximum absolute atomic E-state index is 4.60. The Morgan fingerprint density at radius 1 is 1.64 bits per heavy atom. The van der Waals surface area contributed by atoms with E-state index in [-0.39, 0.29) is 6.17 Å². The van der Waals surface area contributed by atoms with Crippen LogP contribution in [0.2, 0.25) is 0 Å². The zero-order valence-electron chi connectivity index (χ0n) is 5.82. The summed E-state index contributed by atoms with van der Waals surface area (Å²) in [5, 5.41) is 13.4. The van der Waals surface area contributed by atoms with Crippen molar-refractivity contribution in [2.45, 2.75) is 6.17 Å². The number of hydrogen-bond acceptors (Lipinski definition) is 5. The van der Waals surface area contributed by atoms with E-state index in [1.807, 2.05) is 12.3 Å². The van der Waals surface area contributed by atoms with Gasteiger partial charge in [-0.25, -0.2) is 0 Å². The fourth-order valence-electron chi connectivity index (χ4n) is 0.956. The third-order valence-electron chi connectivity index (χ3n) is 1.49. The smallest absolute Gasteiger partial charge is 0.151 e. The molecule has 0 saturated carbocycles. The van der Waals surface area contributed by atoms with Gasteiger partial charge in [0.1, 0.15) is 11.9 Å². The first-order valence-electron chi connectivity index (χ1n) is 3.38. The molecule has 2 rings (SSSR count). The second kappa shape index (κ2) is 2.71. The molecule has 0 aromatic carbocycles. The molecule has 1 aromatic heterocycles. The van der Waals surface area contributed by atoms with Crippen LogP contribution in [-0.4, -0.2) is 16.9 Å². The first-order chi connectivity index (χ1) is 5.47. The maximum atomic E-state index is 4.60. The van der Waals surface area contributed by atoms with Crippen LogP contribution in [-0.2, 0) is 0 Å². The van der Waals surface area contributed by atoms with E-state index in [0.717, 1.165) is 12.2 Å². The summed E-state index contributed by atoms with van der Waals surface area (Å²) in [6.07, 6.45) is 5.43. The fourth-order valence-corrected chi connectivity index (χ4v) is 0.956. The number of aromatic nitrogens is 2. The topological polar surface area (TPSA) is 63.0 Å². The lowest BCUT2D eigenvalue weighted by Gasteiger charge is -2.18. The van der Waals surface area contributed by atoms with Crippen LogP contribution < -0.4 is 10.6 Å². The molecule has 0 aliphatic carbocycles. The standard InChI is InChI=1S/C6H8N4O/c1-2-7-6(8-3-1)5-4-11-10-9-5/h1-2,4,6-8H,3H2. The molecule has 0 fully saturated rings. The highest BCUT2D eigenvalue weighted by atomic mass is 16.5. The SMILES string of the molecule is C1=CNC(c2conn2)NC1. The monoisotopic (exact) mass is 152 g/mol. The minimum atomic E-state index is 0.0336. The summed E-state index contributed by atoms with van der Waals surface area (Å²) in [6.45, 7) is 0.838. The average Bonchev–Trinajstić information content (AvgIpc) is 2.58. The van der Waals surface area contributed by atoms with Crippen molar-refractivity contribution < 1.29 is 4.52 Å². The minimum absolute atomic E-state index is 0.0336. The van der Waals surface area contributed by atoms with Gasteiger partial charge in [0.15, 0.2) is 6.26 Å². The highest BCUT2D eigenvalue weighted by Gasteiger charge is 2.13. The van der Waals surface area contributed by atoms with Gasteiger partial charge in [-0.2, -0.15) is 0 Å². The van der Waals surface area contributed by atoms with Crippen molar-refractivity contribution in [2.75, 3.05) is 6.54 Å². The third kappa shape index (κ3) is 1.22. The zero-order chi connectivity index (χ0) is 7.52. The van der Waals surface area contributed by atoms with Crippen molar-refractivity contribution in [2.24, 2.45) is 0 Å². The molecule has 0 spiro atoms. The second-order valence-corrected chi connectivity index (χ2v) is 2.24. The van der Waals surface area contributed by atoms with E-state index in [9.17, 15) is 0 Å². The Labute approximate surface area is 63.4 Å². The molecule has 5 heteroatoms. The van der Waals surface area contributed by atoms with Gasteiger partial charge in [0.25, 0.3) is 0 Å². The van der Waals surface area contributed by atoms with Gasteiger partial charge in [0.05, 0.1) is 0 Å². The lowest BCUT2D eigenvalue weighted by molar-refractivity contribution is 0.392. The van der Waals surface area contributed by atoms with Gasteiger partial charge in [-0.3, -0.25) is 5.32 Å². The molecule has 0 saturated heterocycles. The predicted molar refractivity (Wildman–Crippen MR) is 37.3 cm³/mol. The number of hydrogen-bond donors (Lipinski definition) is 2. The van der Waals surface area contributed by atoms with Crippen molar-refractivity contribution in [3.05, 3.63) is 24.2 Å². The van der Waals surface area contributed by atoms with E-state index in [4.69, 9.17) is 0 Å². The first-order valence-corrected chi connectivity index (χ1v) is 3.38. The van der Waals surface area contributed by atoms with Crippen LogP contribution >= 0.6 is 0 Å². The maximum Gasteiger partial charge on any atom is 0.151 e. The highest BCUT2D eigenvalue weighted by molar-refractivity contribution is 5.03. The Bertz CT molecular complexity index is 243. The Morgan fingerprint density at radius 3 is 3.27 bits per heavy atom. The zero-order valence-corrected chi connectivity index (χ0v) is 5.82. The van der Waals surface area contributed by atoms with Crippen LogP contribution in [0, 0.1) is 0 Å².